The van der Waals surface area contributed by atoms with E-state index in [1.807, 2.05) is 0 Å². The molecule has 18 heteroatoms. The van der Waals surface area contributed by atoms with Crippen LogP contribution >= 0.6 is 0 Å². The van der Waals surface area contributed by atoms with Crippen molar-refractivity contribution in [3.8, 4) is 0 Å². The highest BCUT2D eigenvalue weighted by Gasteiger charge is 2.51. The molecule has 1 heterocycles. The summed E-state index contributed by atoms with van der Waals surface area (Å²) in [5.41, 5.74) is 0. The molecule has 0 aromatic heterocycles. The van der Waals surface area contributed by atoms with Crippen LogP contribution in [0.2, 0.25) is 0 Å². The molecule has 0 spiro atoms. The molecule has 0 bridgehead atoms. The molecule has 6 N–H and O–H groups in total. The monoisotopic (exact) mass is 419 g/mol. The van der Waals surface area contributed by atoms with Crippen molar-refractivity contribution in [2.75, 3.05) is 6.61 Å². The van der Waals surface area contributed by atoms with E-state index in [1.165, 1.54) is 4.72 Å². The van der Waals surface area contributed by atoms with E-state index in [1.54, 1.807) is 0 Å². The van der Waals surface area contributed by atoms with Crippen LogP contribution in [0.4, 0.5) is 0 Å². The lowest BCUT2D eigenvalue weighted by molar-refractivity contribution is -0.242. The number of nitrogens with one attached hydrogen (secondary N) is 1. The Hall–Kier alpha value is -0.510. The molecule has 15 nitrogen and oxygen atoms in total. The largest absolute Gasteiger partial charge is 0.397 e. The summed E-state index contributed by atoms with van der Waals surface area (Å²) >= 11 is 0. The maximum Gasteiger partial charge on any atom is 0.397 e. The highest BCUT2D eigenvalue weighted by molar-refractivity contribution is 7.83. The molecule has 0 amide bonds. The molecule has 0 radical (unpaired) electrons. The van der Waals surface area contributed by atoms with E-state index >= 15 is 0 Å². The molecule has 0 saturated carbocycles. The summed E-state index contributed by atoms with van der Waals surface area (Å²) in [6.45, 7) is -1.11. The van der Waals surface area contributed by atoms with Crippen molar-refractivity contribution in [1.82, 2.24) is 4.72 Å². The van der Waals surface area contributed by atoms with Crippen molar-refractivity contribution in [3.63, 3.8) is 0 Å². The Bertz CT molecular complexity index is 741. The molecule has 1 aliphatic rings. The van der Waals surface area contributed by atoms with Crippen LogP contribution in [-0.4, -0.2) is 86.4 Å². The summed E-state index contributed by atoms with van der Waals surface area (Å²) in [4.78, 5) is 0. The van der Waals surface area contributed by atoms with Crippen molar-refractivity contribution in [2.45, 2.75) is 30.6 Å². The lowest BCUT2D eigenvalue weighted by Gasteiger charge is -2.41. The predicted molar refractivity (Wildman–Crippen MR) is 69.3 cm³/mol. The molecule has 1 rings (SSSR count). The average molecular weight is 419 g/mol. The normalized spacial score (nSPS) is 32.6. The van der Waals surface area contributed by atoms with Gasteiger partial charge in [0.1, 0.15) is 24.4 Å². The third-order valence-electron chi connectivity index (χ3n) is 2.60. The Morgan fingerprint density at radius 2 is 1.38 bits per heavy atom. The van der Waals surface area contributed by atoms with Gasteiger partial charge in [-0.3, -0.25) is 13.7 Å². The number of rotatable bonds is 7. The summed E-state index contributed by atoms with van der Waals surface area (Å²) in [5.74, 6) is 0. The van der Waals surface area contributed by atoms with Crippen LogP contribution in [0.25, 0.3) is 0 Å². The van der Waals surface area contributed by atoms with Crippen molar-refractivity contribution < 1.29 is 62.2 Å². The Morgan fingerprint density at radius 1 is 0.917 bits per heavy atom. The topological polar surface area (TPSA) is 243 Å². The van der Waals surface area contributed by atoms with Gasteiger partial charge in [-0.05, 0) is 0 Å². The molecule has 1 fully saturated rings. The molecule has 1 unspecified atom stereocenters. The minimum Gasteiger partial charge on any atom is -0.394 e. The lowest BCUT2D eigenvalue weighted by Crippen LogP contribution is -2.66. The van der Waals surface area contributed by atoms with Gasteiger partial charge in [0.2, 0.25) is 0 Å². The third-order valence-corrected chi connectivity index (χ3v) is 4.10. The fourth-order valence-corrected chi connectivity index (χ4v) is 3.49. The molecular weight excluding hydrogens is 406 g/mol. The van der Waals surface area contributed by atoms with Crippen LogP contribution in [0, 0.1) is 0 Å². The van der Waals surface area contributed by atoms with E-state index in [2.05, 4.69) is 13.1 Å². The summed E-state index contributed by atoms with van der Waals surface area (Å²) in [5, 5.41) is 18.7. The second-order valence-electron chi connectivity index (χ2n) is 4.34. The zero-order valence-electron chi connectivity index (χ0n) is 11.2. The van der Waals surface area contributed by atoms with Crippen LogP contribution in [0.3, 0.4) is 0 Å². The lowest BCUT2D eigenvalue weighted by atomic mass is 9.98. The van der Waals surface area contributed by atoms with Gasteiger partial charge in [0.15, 0.2) is 6.29 Å². The van der Waals surface area contributed by atoms with Gasteiger partial charge in [0, 0.05) is 0 Å². The zero-order valence-corrected chi connectivity index (χ0v) is 13.7. The van der Waals surface area contributed by atoms with Crippen LogP contribution < -0.4 is 4.72 Å². The first-order chi connectivity index (χ1) is 10.6. The quantitative estimate of drug-likeness (QED) is 0.214. The standard InChI is InChI=1S/C6H13NO14S3/c8-1-2-4(20-23(13,14)15)5(21-24(16,17)18)3(6(9)19-2)7-22(10,11)12/h2-9H,1H2,(H,10,11,12)(H,13,14,15)(H,16,17,18)/t2-,3-,4-,5-,6?/m1/s1. The van der Waals surface area contributed by atoms with Crippen LogP contribution in [0.1, 0.15) is 0 Å². The minimum absolute atomic E-state index is 1.11. The first kappa shape index (κ1) is 21.5. The average Bonchev–Trinajstić information content (AvgIpc) is 2.32. The number of aliphatic hydroxyl groups is 2. The van der Waals surface area contributed by atoms with Crippen molar-refractivity contribution in [2.24, 2.45) is 0 Å². The molecule has 0 aromatic carbocycles. The third kappa shape index (κ3) is 6.78. The smallest absolute Gasteiger partial charge is 0.394 e. The van der Waals surface area contributed by atoms with E-state index in [9.17, 15) is 30.4 Å². The number of ether oxygens (including phenoxy) is 1. The molecule has 0 aromatic rings. The van der Waals surface area contributed by atoms with E-state index in [0.717, 1.165) is 0 Å². The van der Waals surface area contributed by atoms with E-state index in [4.69, 9.17) is 18.8 Å². The molecular formula is C6H13NO14S3. The first-order valence-electron chi connectivity index (χ1n) is 5.63. The van der Waals surface area contributed by atoms with E-state index in [-0.39, 0.29) is 0 Å². The summed E-state index contributed by atoms with van der Waals surface area (Å²) in [7, 11) is -15.8. The SMILES string of the molecule is O=S(=O)(O)N[C@H]1C(O)O[C@H](CO)[C@@H](OS(=O)(=O)O)[C@@H]1OS(=O)(=O)O. The number of hydrogen-bond acceptors (Lipinski definition) is 11. The fourth-order valence-electron chi connectivity index (χ4n) is 1.88. The molecule has 24 heavy (non-hydrogen) atoms. The predicted octanol–water partition coefficient (Wildman–Crippen LogP) is -4.17. The van der Waals surface area contributed by atoms with Gasteiger partial charge in [-0.15, -0.1) is 0 Å². The summed E-state index contributed by atoms with van der Waals surface area (Å²) in [6, 6.07) is -2.23. The van der Waals surface area contributed by atoms with Crippen LogP contribution in [-0.2, 0) is 44.2 Å². The molecule has 5 atom stereocenters. The second-order valence-corrected chi connectivity index (χ2v) is 7.63. The number of aliphatic hydroxyl groups excluding tert-OH is 2. The highest BCUT2D eigenvalue weighted by Crippen LogP contribution is 2.27. The van der Waals surface area contributed by atoms with Gasteiger partial charge in [-0.25, -0.2) is 8.37 Å². The van der Waals surface area contributed by atoms with Gasteiger partial charge < -0.3 is 14.9 Å². The minimum atomic E-state index is -5.38. The molecule has 1 aliphatic heterocycles. The second kappa shape index (κ2) is 7.39. The zero-order chi connectivity index (χ0) is 18.9. The van der Waals surface area contributed by atoms with Gasteiger partial charge >= 0.3 is 31.1 Å². The number of hydrogen-bond donors (Lipinski definition) is 6. The Labute approximate surface area is 135 Å². The van der Waals surface area contributed by atoms with Gasteiger partial charge in [0.05, 0.1) is 6.61 Å². The summed E-state index contributed by atoms with van der Waals surface area (Å²) < 4.78 is 105. The Morgan fingerprint density at radius 3 is 1.75 bits per heavy atom. The van der Waals surface area contributed by atoms with Crippen LogP contribution in [0.5, 0.6) is 0 Å². The van der Waals surface area contributed by atoms with Gasteiger partial charge in [-0.2, -0.15) is 30.0 Å². The summed E-state index contributed by atoms with van der Waals surface area (Å²) in [6.07, 6.45) is -8.76. The maximum absolute atomic E-state index is 10.9. The molecule has 144 valence electrons. The fraction of sp³-hybridized carbons (Fsp3) is 1.00. The van der Waals surface area contributed by atoms with E-state index in [0.29, 0.717) is 0 Å². The van der Waals surface area contributed by atoms with Crippen LogP contribution in [0.15, 0.2) is 0 Å². The van der Waals surface area contributed by atoms with Crippen molar-refractivity contribution in [1.29, 1.82) is 0 Å². The van der Waals surface area contributed by atoms with Gasteiger partial charge in [0.25, 0.3) is 0 Å². The Kier molecular flexibility index (Phi) is 6.63. The van der Waals surface area contributed by atoms with Gasteiger partial charge in [-0.1, -0.05) is 0 Å². The Balaban J connectivity index is 3.35. The first-order valence-corrected chi connectivity index (χ1v) is 9.80. The van der Waals surface area contributed by atoms with Crippen molar-refractivity contribution in [3.05, 3.63) is 0 Å². The van der Waals surface area contributed by atoms with E-state index < -0.39 is 68.4 Å². The maximum atomic E-state index is 10.9. The highest BCUT2D eigenvalue weighted by atomic mass is 32.3. The molecule has 0 aliphatic carbocycles. The molecule has 1 saturated heterocycles. The van der Waals surface area contributed by atoms with Crippen molar-refractivity contribution >= 4 is 31.1 Å².